The van der Waals surface area contributed by atoms with Gasteiger partial charge in [0, 0.05) is 7.11 Å². The van der Waals surface area contributed by atoms with Crippen molar-refractivity contribution < 1.29 is 28.1 Å². The Kier molecular flexibility index (Phi) is 6.36. The number of rotatable bonds is 8. The number of halogens is 2. The normalized spacial score (nSPS) is 13.3. The minimum Gasteiger partial charge on any atom is -0.493 e. The third kappa shape index (κ3) is 5.47. The van der Waals surface area contributed by atoms with Crippen LogP contribution in [0.15, 0.2) is 18.2 Å². The van der Waals surface area contributed by atoms with Crippen molar-refractivity contribution in [2.24, 2.45) is 0 Å². The fourth-order valence-electron chi connectivity index (χ4n) is 1.84. The summed E-state index contributed by atoms with van der Waals surface area (Å²) in [7, 11) is 2.97. The van der Waals surface area contributed by atoms with E-state index in [4.69, 9.17) is 9.47 Å². The predicted octanol–water partition coefficient (Wildman–Crippen LogP) is 3.54. The van der Waals surface area contributed by atoms with Crippen LogP contribution >= 0.6 is 0 Å². The number of benzene rings is 1. The van der Waals surface area contributed by atoms with Crippen LogP contribution in [-0.2, 0) is 4.74 Å². The minimum absolute atomic E-state index is 0.0879. The fraction of sp³-hybridized carbons (Fsp3) is 0.600. The van der Waals surface area contributed by atoms with Crippen molar-refractivity contribution >= 4 is 0 Å². The highest BCUT2D eigenvalue weighted by Crippen LogP contribution is 2.33. The first-order chi connectivity index (χ1) is 9.79. The lowest BCUT2D eigenvalue weighted by Crippen LogP contribution is -2.23. The van der Waals surface area contributed by atoms with Crippen LogP contribution in [0, 0.1) is 0 Å². The van der Waals surface area contributed by atoms with Crippen LogP contribution < -0.4 is 9.47 Å². The van der Waals surface area contributed by atoms with Crippen molar-refractivity contribution in [2.45, 2.75) is 45.0 Å². The van der Waals surface area contributed by atoms with Gasteiger partial charge in [-0.25, -0.2) is 0 Å². The SMILES string of the molecule is COc1ccc(C(O)CCC(C)(C)OC)cc1OC(F)F. The molecular formula is C15H22F2O4. The molecule has 1 aromatic rings. The van der Waals surface area contributed by atoms with Gasteiger partial charge in [0.2, 0.25) is 0 Å². The van der Waals surface area contributed by atoms with Crippen LogP contribution in [0.2, 0.25) is 0 Å². The van der Waals surface area contributed by atoms with Crippen molar-refractivity contribution in [2.75, 3.05) is 14.2 Å². The summed E-state index contributed by atoms with van der Waals surface area (Å²) in [4.78, 5) is 0. The Balaban J connectivity index is 2.82. The molecule has 1 unspecified atom stereocenters. The number of hydrogen-bond acceptors (Lipinski definition) is 4. The van der Waals surface area contributed by atoms with Crippen LogP contribution in [0.1, 0.15) is 38.4 Å². The van der Waals surface area contributed by atoms with E-state index in [0.29, 0.717) is 18.4 Å². The molecule has 1 aromatic carbocycles. The highest BCUT2D eigenvalue weighted by Gasteiger charge is 2.20. The van der Waals surface area contributed by atoms with Crippen molar-refractivity contribution in [1.82, 2.24) is 0 Å². The Morgan fingerprint density at radius 1 is 1.19 bits per heavy atom. The zero-order valence-corrected chi connectivity index (χ0v) is 12.7. The molecule has 0 spiro atoms. The topological polar surface area (TPSA) is 47.9 Å². The quantitative estimate of drug-likeness (QED) is 0.798. The Hall–Kier alpha value is -1.40. The summed E-state index contributed by atoms with van der Waals surface area (Å²) in [5, 5.41) is 10.2. The van der Waals surface area contributed by atoms with Gasteiger partial charge in [-0.1, -0.05) is 6.07 Å². The minimum atomic E-state index is -2.95. The second-order valence-electron chi connectivity index (χ2n) is 5.31. The maximum atomic E-state index is 12.4. The molecule has 1 rings (SSSR count). The molecule has 4 nitrogen and oxygen atoms in total. The summed E-state index contributed by atoms with van der Waals surface area (Å²) in [5.74, 6) is 0.110. The molecule has 0 amide bonds. The molecule has 0 heterocycles. The first-order valence-electron chi connectivity index (χ1n) is 6.65. The Morgan fingerprint density at radius 2 is 1.86 bits per heavy atom. The molecule has 0 aromatic heterocycles. The zero-order chi connectivity index (χ0) is 16.0. The molecule has 0 aliphatic heterocycles. The van der Waals surface area contributed by atoms with E-state index in [0.717, 1.165) is 0 Å². The van der Waals surface area contributed by atoms with E-state index < -0.39 is 12.7 Å². The number of methoxy groups -OCH3 is 2. The average molecular weight is 304 g/mol. The molecule has 120 valence electrons. The maximum Gasteiger partial charge on any atom is 0.387 e. The van der Waals surface area contributed by atoms with Gasteiger partial charge in [-0.2, -0.15) is 8.78 Å². The monoisotopic (exact) mass is 304 g/mol. The number of alkyl halides is 2. The van der Waals surface area contributed by atoms with E-state index in [-0.39, 0.29) is 17.1 Å². The Labute approximate surface area is 123 Å². The lowest BCUT2D eigenvalue weighted by molar-refractivity contribution is -0.0513. The Morgan fingerprint density at radius 3 is 2.38 bits per heavy atom. The van der Waals surface area contributed by atoms with Crippen LogP contribution in [0.3, 0.4) is 0 Å². The van der Waals surface area contributed by atoms with Crippen LogP contribution in [0.5, 0.6) is 11.5 Å². The van der Waals surface area contributed by atoms with E-state index in [2.05, 4.69) is 4.74 Å². The predicted molar refractivity (Wildman–Crippen MR) is 74.9 cm³/mol. The molecule has 0 bridgehead atoms. The van der Waals surface area contributed by atoms with Gasteiger partial charge in [-0.05, 0) is 44.4 Å². The summed E-state index contributed by atoms with van der Waals surface area (Å²) < 4.78 is 39.4. The van der Waals surface area contributed by atoms with Gasteiger partial charge in [0.1, 0.15) is 0 Å². The highest BCUT2D eigenvalue weighted by atomic mass is 19.3. The summed E-state index contributed by atoms with van der Waals surface area (Å²) in [6.07, 6.45) is 0.286. The average Bonchev–Trinajstić information content (AvgIpc) is 2.44. The molecule has 0 fully saturated rings. The molecule has 0 saturated heterocycles. The van der Waals surface area contributed by atoms with Crippen LogP contribution in [-0.4, -0.2) is 31.5 Å². The lowest BCUT2D eigenvalue weighted by atomic mass is 9.96. The summed E-state index contributed by atoms with van der Waals surface area (Å²) in [6, 6.07) is 4.49. The summed E-state index contributed by atoms with van der Waals surface area (Å²) in [6.45, 7) is 0.886. The van der Waals surface area contributed by atoms with Gasteiger partial charge in [-0.15, -0.1) is 0 Å². The van der Waals surface area contributed by atoms with E-state index >= 15 is 0 Å². The van der Waals surface area contributed by atoms with E-state index in [1.165, 1.54) is 19.2 Å². The van der Waals surface area contributed by atoms with Crippen molar-refractivity contribution in [3.8, 4) is 11.5 Å². The van der Waals surface area contributed by atoms with Gasteiger partial charge in [0.05, 0.1) is 18.8 Å². The van der Waals surface area contributed by atoms with Crippen LogP contribution in [0.25, 0.3) is 0 Å². The molecule has 0 saturated carbocycles. The van der Waals surface area contributed by atoms with E-state index in [1.54, 1.807) is 13.2 Å². The zero-order valence-electron chi connectivity index (χ0n) is 12.7. The first kappa shape index (κ1) is 17.7. The van der Waals surface area contributed by atoms with Crippen molar-refractivity contribution in [3.63, 3.8) is 0 Å². The molecular weight excluding hydrogens is 282 g/mol. The second-order valence-corrected chi connectivity index (χ2v) is 5.31. The third-order valence-electron chi connectivity index (χ3n) is 3.36. The van der Waals surface area contributed by atoms with E-state index in [1.807, 2.05) is 13.8 Å². The summed E-state index contributed by atoms with van der Waals surface area (Å²) in [5.41, 5.74) is 0.147. The standard InChI is InChI=1S/C15H22F2O4/c1-15(2,20-4)8-7-11(18)10-5-6-12(19-3)13(9-10)21-14(16)17/h5-6,9,11,14,18H,7-8H2,1-4H3. The van der Waals surface area contributed by atoms with Gasteiger partial charge in [0.15, 0.2) is 11.5 Å². The van der Waals surface area contributed by atoms with Gasteiger partial charge >= 0.3 is 6.61 Å². The second kappa shape index (κ2) is 7.56. The largest absolute Gasteiger partial charge is 0.493 e. The first-order valence-corrected chi connectivity index (χ1v) is 6.65. The Bertz CT molecular complexity index is 449. The van der Waals surface area contributed by atoms with Crippen molar-refractivity contribution in [3.05, 3.63) is 23.8 Å². The molecule has 6 heteroatoms. The fourth-order valence-corrected chi connectivity index (χ4v) is 1.84. The van der Waals surface area contributed by atoms with Crippen molar-refractivity contribution in [1.29, 1.82) is 0 Å². The smallest absolute Gasteiger partial charge is 0.387 e. The lowest BCUT2D eigenvalue weighted by Gasteiger charge is -2.24. The van der Waals surface area contributed by atoms with Gasteiger partial charge in [0.25, 0.3) is 0 Å². The third-order valence-corrected chi connectivity index (χ3v) is 3.36. The molecule has 0 aliphatic rings. The molecule has 21 heavy (non-hydrogen) atoms. The highest BCUT2D eigenvalue weighted by molar-refractivity contribution is 5.43. The molecule has 0 aliphatic carbocycles. The molecule has 1 N–H and O–H groups in total. The van der Waals surface area contributed by atoms with Gasteiger partial charge in [-0.3, -0.25) is 0 Å². The summed E-state index contributed by atoms with van der Waals surface area (Å²) >= 11 is 0. The molecule has 1 atom stereocenters. The van der Waals surface area contributed by atoms with Crippen LogP contribution in [0.4, 0.5) is 8.78 Å². The van der Waals surface area contributed by atoms with Gasteiger partial charge < -0.3 is 19.3 Å². The number of aliphatic hydroxyl groups is 1. The maximum absolute atomic E-state index is 12.4. The number of hydrogen-bond donors (Lipinski definition) is 1. The number of aliphatic hydroxyl groups excluding tert-OH is 1. The van der Waals surface area contributed by atoms with E-state index in [9.17, 15) is 13.9 Å². The number of ether oxygens (including phenoxy) is 3. The molecule has 0 radical (unpaired) electrons.